The molecule has 6 nitrogen and oxygen atoms in total. The quantitative estimate of drug-likeness (QED) is 0.805. The van der Waals surface area contributed by atoms with E-state index in [4.69, 9.17) is 4.42 Å². The van der Waals surface area contributed by atoms with Gasteiger partial charge < -0.3 is 15.1 Å². The van der Waals surface area contributed by atoms with Crippen LogP contribution in [0.2, 0.25) is 0 Å². The van der Waals surface area contributed by atoms with Crippen LogP contribution in [0.15, 0.2) is 22.6 Å². The van der Waals surface area contributed by atoms with Crippen molar-refractivity contribution in [1.82, 2.24) is 20.5 Å². The number of anilines is 1. The molecule has 6 heteroatoms. The van der Waals surface area contributed by atoms with Crippen LogP contribution in [0.25, 0.3) is 0 Å². The van der Waals surface area contributed by atoms with Crippen molar-refractivity contribution in [3.8, 4) is 0 Å². The second-order valence-corrected chi connectivity index (χ2v) is 3.91. The molecule has 0 aliphatic carbocycles. The maximum Gasteiger partial charge on any atom is 0.315 e. The molecular weight excluding hydrogens is 230 g/mol. The molecule has 2 aromatic rings. The second kappa shape index (κ2) is 6.11. The monoisotopic (exact) mass is 247 g/mol. The van der Waals surface area contributed by atoms with Crippen LogP contribution in [0.1, 0.15) is 24.2 Å². The normalized spacial score (nSPS) is 10.6. The molecular formula is C12H17N5O. The van der Waals surface area contributed by atoms with E-state index in [1.54, 1.807) is 0 Å². The summed E-state index contributed by atoms with van der Waals surface area (Å²) in [4.78, 5) is 4.38. The van der Waals surface area contributed by atoms with Gasteiger partial charge in [-0.15, -0.1) is 5.10 Å². The highest BCUT2D eigenvalue weighted by atomic mass is 16.4. The fourth-order valence-corrected chi connectivity index (χ4v) is 1.49. The van der Waals surface area contributed by atoms with Gasteiger partial charge in [0.25, 0.3) is 0 Å². The minimum atomic E-state index is 0.422. The molecule has 0 saturated heterocycles. The molecule has 2 rings (SSSR count). The van der Waals surface area contributed by atoms with Crippen LogP contribution in [-0.4, -0.2) is 21.7 Å². The first-order valence-electron chi connectivity index (χ1n) is 5.97. The first-order chi connectivity index (χ1) is 8.78. The Balaban J connectivity index is 1.88. The van der Waals surface area contributed by atoms with Gasteiger partial charge >= 0.3 is 6.01 Å². The Labute approximate surface area is 106 Å². The summed E-state index contributed by atoms with van der Waals surface area (Å²) < 4.78 is 5.41. The van der Waals surface area contributed by atoms with Gasteiger partial charge in [0.2, 0.25) is 5.89 Å². The summed E-state index contributed by atoms with van der Waals surface area (Å²) in [6, 6.07) is 6.32. The van der Waals surface area contributed by atoms with E-state index in [1.807, 2.05) is 32.0 Å². The van der Waals surface area contributed by atoms with Gasteiger partial charge in [-0.05, 0) is 25.6 Å². The van der Waals surface area contributed by atoms with Crippen molar-refractivity contribution in [2.75, 3.05) is 11.9 Å². The van der Waals surface area contributed by atoms with Crippen LogP contribution >= 0.6 is 0 Å². The summed E-state index contributed by atoms with van der Waals surface area (Å²) in [6.45, 7) is 6.03. The Morgan fingerprint density at radius 3 is 2.89 bits per heavy atom. The van der Waals surface area contributed by atoms with E-state index < -0.39 is 0 Å². The minimum absolute atomic E-state index is 0.422. The molecule has 2 heterocycles. The Morgan fingerprint density at radius 1 is 1.22 bits per heavy atom. The molecule has 0 radical (unpaired) electrons. The molecule has 0 unspecified atom stereocenters. The van der Waals surface area contributed by atoms with Crippen molar-refractivity contribution in [3.63, 3.8) is 0 Å². The van der Waals surface area contributed by atoms with Crippen molar-refractivity contribution in [2.24, 2.45) is 0 Å². The summed E-state index contributed by atoms with van der Waals surface area (Å²) in [5.41, 5.74) is 1.94. The molecule has 0 spiro atoms. The topological polar surface area (TPSA) is 75.9 Å². The van der Waals surface area contributed by atoms with Crippen LogP contribution in [-0.2, 0) is 13.1 Å². The third-order valence-electron chi connectivity index (χ3n) is 2.36. The third kappa shape index (κ3) is 3.53. The number of rotatable bonds is 6. The van der Waals surface area contributed by atoms with Crippen molar-refractivity contribution in [3.05, 3.63) is 35.5 Å². The Morgan fingerprint density at radius 2 is 2.11 bits per heavy atom. The third-order valence-corrected chi connectivity index (χ3v) is 2.36. The first kappa shape index (κ1) is 12.5. The van der Waals surface area contributed by atoms with E-state index >= 15 is 0 Å². The number of hydrogen-bond acceptors (Lipinski definition) is 6. The van der Waals surface area contributed by atoms with Crippen molar-refractivity contribution in [2.45, 2.75) is 26.9 Å². The molecule has 0 aromatic carbocycles. The molecule has 0 bridgehead atoms. The minimum Gasteiger partial charge on any atom is -0.407 e. The van der Waals surface area contributed by atoms with Crippen LogP contribution in [0.4, 0.5) is 6.01 Å². The average molecular weight is 247 g/mol. The Kier molecular flexibility index (Phi) is 4.25. The Bertz CT molecular complexity index is 497. The highest BCUT2D eigenvalue weighted by Gasteiger charge is 2.05. The van der Waals surface area contributed by atoms with Gasteiger partial charge in [0.1, 0.15) is 0 Å². The lowest BCUT2D eigenvalue weighted by Crippen LogP contribution is -2.11. The Hall–Kier alpha value is -1.95. The predicted octanol–water partition coefficient (Wildman–Crippen LogP) is 1.49. The van der Waals surface area contributed by atoms with Crippen molar-refractivity contribution in [1.29, 1.82) is 0 Å². The summed E-state index contributed by atoms with van der Waals surface area (Å²) in [7, 11) is 0. The van der Waals surface area contributed by atoms with E-state index in [2.05, 4.69) is 25.8 Å². The number of aryl methyl sites for hydroxylation is 1. The van der Waals surface area contributed by atoms with Gasteiger partial charge in [0.15, 0.2) is 0 Å². The van der Waals surface area contributed by atoms with Gasteiger partial charge in [-0.25, -0.2) is 0 Å². The first-order valence-corrected chi connectivity index (χ1v) is 5.97. The summed E-state index contributed by atoms with van der Waals surface area (Å²) in [6.07, 6.45) is 0. The number of nitrogens with one attached hydrogen (secondary N) is 2. The smallest absolute Gasteiger partial charge is 0.315 e. The van der Waals surface area contributed by atoms with Crippen LogP contribution in [0.5, 0.6) is 0 Å². The highest BCUT2D eigenvalue weighted by Crippen LogP contribution is 2.07. The molecule has 96 valence electrons. The largest absolute Gasteiger partial charge is 0.407 e. The number of hydrogen-bond donors (Lipinski definition) is 2. The van der Waals surface area contributed by atoms with Crippen molar-refractivity contribution >= 4 is 6.01 Å². The molecule has 0 fully saturated rings. The SMILES string of the molecule is CCNCc1nnc(NCc2cccc(C)n2)o1. The number of nitrogens with zero attached hydrogens (tertiary/aromatic N) is 3. The van der Waals surface area contributed by atoms with Crippen molar-refractivity contribution < 1.29 is 4.42 Å². The van der Waals surface area contributed by atoms with Crippen LogP contribution in [0, 0.1) is 6.92 Å². The van der Waals surface area contributed by atoms with E-state index in [0.29, 0.717) is 25.0 Å². The lowest BCUT2D eigenvalue weighted by Gasteiger charge is -2.01. The van der Waals surface area contributed by atoms with E-state index in [-0.39, 0.29) is 0 Å². The van der Waals surface area contributed by atoms with Crippen LogP contribution < -0.4 is 10.6 Å². The zero-order valence-corrected chi connectivity index (χ0v) is 10.6. The highest BCUT2D eigenvalue weighted by molar-refractivity contribution is 5.20. The maximum absolute atomic E-state index is 5.41. The molecule has 0 aliphatic rings. The van der Waals surface area contributed by atoms with Gasteiger partial charge in [0, 0.05) is 5.69 Å². The fraction of sp³-hybridized carbons (Fsp3) is 0.417. The number of pyridine rings is 1. The predicted molar refractivity (Wildman–Crippen MR) is 68.0 cm³/mol. The van der Waals surface area contributed by atoms with Crippen LogP contribution in [0.3, 0.4) is 0 Å². The molecule has 0 aliphatic heterocycles. The zero-order chi connectivity index (χ0) is 12.8. The molecule has 0 saturated carbocycles. The average Bonchev–Trinajstić information content (AvgIpc) is 2.82. The fourth-order valence-electron chi connectivity index (χ4n) is 1.49. The molecule has 18 heavy (non-hydrogen) atoms. The lowest BCUT2D eigenvalue weighted by atomic mass is 10.3. The lowest BCUT2D eigenvalue weighted by molar-refractivity contribution is 0.481. The van der Waals surface area contributed by atoms with E-state index in [9.17, 15) is 0 Å². The molecule has 0 amide bonds. The van der Waals surface area contributed by atoms with Gasteiger partial charge in [0.05, 0.1) is 18.8 Å². The summed E-state index contributed by atoms with van der Waals surface area (Å²) in [5.74, 6) is 0.580. The summed E-state index contributed by atoms with van der Waals surface area (Å²) >= 11 is 0. The van der Waals surface area contributed by atoms with Gasteiger partial charge in [-0.2, -0.15) is 0 Å². The standard InChI is InChI=1S/C12H17N5O/c1-3-13-8-11-16-17-12(18-11)14-7-10-6-4-5-9(2)15-10/h4-6,13H,3,7-8H2,1-2H3,(H,14,17). The molecule has 2 N–H and O–H groups in total. The van der Waals surface area contributed by atoms with E-state index in [0.717, 1.165) is 17.9 Å². The van der Waals surface area contributed by atoms with Gasteiger partial charge in [-0.3, -0.25) is 4.98 Å². The van der Waals surface area contributed by atoms with E-state index in [1.165, 1.54) is 0 Å². The maximum atomic E-state index is 5.41. The number of aromatic nitrogens is 3. The zero-order valence-electron chi connectivity index (χ0n) is 10.6. The summed E-state index contributed by atoms with van der Waals surface area (Å²) in [5, 5.41) is 14.0. The molecule has 0 atom stereocenters. The molecule has 2 aromatic heterocycles. The van der Waals surface area contributed by atoms with Gasteiger partial charge in [-0.1, -0.05) is 18.1 Å². The second-order valence-electron chi connectivity index (χ2n) is 3.91.